The molecule has 0 saturated carbocycles. The van der Waals surface area contributed by atoms with Gasteiger partial charge in [0.2, 0.25) is 0 Å². The van der Waals surface area contributed by atoms with Crippen molar-refractivity contribution in [2.75, 3.05) is 11.5 Å². The van der Waals surface area contributed by atoms with E-state index in [2.05, 4.69) is 36.8 Å². The summed E-state index contributed by atoms with van der Waals surface area (Å²) in [6.45, 7) is 4.14. The van der Waals surface area contributed by atoms with Gasteiger partial charge in [-0.3, -0.25) is 0 Å². The van der Waals surface area contributed by atoms with Crippen LogP contribution >= 0.6 is 24.4 Å². The van der Waals surface area contributed by atoms with Gasteiger partial charge in [-0.1, -0.05) is 45.2 Å². The monoisotopic (exact) mass is 510 g/mol. The fourth-order valence-electron chi connectivity index (χ4n) is 1.52. The standard InChI is InChI=1S/C8H14NOS.C4H8NOS.C4H8O.2FH2N.2K/c1-2-3-8-9-7(6-10)4-5-11-8;5-4(3-6)1-2-7;1-2-3-4-5;2*1-2;;/h7-9H,2-5H2,1H3;4,7H,1-2,5H2;4H,2-3H2,1H3;2*2H2;;/q2*-1;;;;2*+1/t7-,8?;4-;;;;;/m00...../s1. The Hall–Kier alpha value is 2.68. The van der Waals surface area contributed by atoms with Crippen molar-refractivity contribution in [2.24, 2.45) is 17.6 Å². The number of carbonyl (C=O) groups excluding carboxylic acids is 3. The number of hydrogen-bond donors (Lipinski definition) is 5. The molecule has 1 heterocycles. The van der Waals surface area contributed by atoms with Crippen molar-refractivity contribution in [1.29, 1.82) is 0 Å². The number of carbonyl (C=O) groups is 1. The third-order valence-electron chi connectivity index (χ3n) is 2.80. The first-order valence-corrected chi connectivity index (χ1v) is 10.1. The number of nitrogens with one attached hydrogen (secondary N) is 1. The fraction of sp³-hybridized carbons (Fsp3) is 0.812. The van der Waals surface area contributed by atoms with Gasteiger partial charge in [-0.15, -0.1) is 20.7 Å². The van der Waals surface area contributed by atoms with Crippen LogP contribution in [0.1, 0.15) is 52.4 Å². The molecule has 0 radical (unpaired) electrons. The Kier molecular flexibility index (Phi) is 69.2. The molecule has 0 aromatic carbocycles. The molecule has 0 bridgehead atoms. The van der Waals surface area contributed by atoms with Crippen LogP contribution in [0.2, 0.25) is 0 Å². The molecular weight excluding hydrogens is 477 g/mol. The van der Waals surface area contributed by atoms with Crippen LogP contribution in [0, 0.1) is 0 Å². The average Bonchev–Trinajstić information content (AvgIpc) is 2.73. The molecule has 1 fully saturated rings. The molecule has 29 heavy (non-hydrogen) atoms. The van der Waals surface area contributed by atoms with Crippen molar-refractivity contribution >= 4 is 43.2 Å². The number of halogens is 2. The van der Waals surface area contributed by atoms with E-state index in [9.17, 15) is 14.4 Å². The normalized spacial score (nSPS) is 17.0. The summed E-state index contributed by atoms with van der Waals surface area (Å²) in [6, 6.07) is -0.440. The molecule has 7 nitrogen and oxygen atoms in total. The molecule has 3 atom stereocenters. The van der Waals surface area contributed by atoms with E-state index in [4.69, 9.17) is 14.7 Å². The van der Waals surface area contributed by atoms with Crippen LogP contribution in [-0.2, 0) is 14.4 Å². The van der Waals surface area contributed by atoms with Crippen LogP contribution in [0.15, 0.2) is 0 Å². The molecule has 0 spiro atoms. The minimum Gasteiger partial charge on any atom is -0.540 e. The largest absolute Gasteiger partial charge is 1.00 e. The number of nitrogens with two attached hydrogens (primary N) is 3. The average molecular weight is 511 g/mol. The van der Waals surface area contributed by atoms with Crippen LogP contribution < -0.4 is 126 Å². The molecule has 164 valence electrons. The molecule has 1 saturated heterocycles. The van der Waals surface area contributed by atoms with Gasteiger partial charge >= 0.3 is 103 Å². The summed E-state index contributed by atoms with van der Waals surface area (Å²) in [5.41, 5.74) is 5.11. The van der Waals surface area contributed by atoms with Crippen LogP contribution in [-0.4, -0.2) is 47.8 Å². The van der Waals surface area contributed by atoms with Gasteiger partial charge in [-0.2, -0.15) is 24.5 Å². The second-order valence-electron chi connectivity index (χ2n) is 4.97. The number of hydrogen-bond acceptors (Lipinski definition) is 9. The topological polar surface area (TPSA) is 141 Å². The smallest absolute Gasteiger partial charge is 0.540 e. The minimum absolute atomic E-state index is 0. The summed E-state index contributed by atoms with van der Waals surface area (Å²) in [5.74, 6) is 7.74. The van der Waals surface area contributed by atoms with Gasteiger partial charge in [0, 0.05) is 6.42 Å². The van der Waals surface area contributed by atoms with Crippen LogP contribution in [0.5, 0.6) is 0 Å². The molecule has 0 aliphatic carbocycles. The summed E-state index contributed by atoms with van der Waals surface area (Å²) in [4.78, 5) is 29.3. The first-order chi connectivity index (χ1) is 13.1. The summed E-state index contributed by atoms with van der Waals surface area (Å²) < 4.78 is 18.0. The summed E-state index contributed by atoms with van der Waals surface area (Å²) in [7, 11) is 0. The Morgan fingerprint density at radius 1 is 1.21 bits per heavy atom. The first-order valence-electron chi connectivity index (χ1n) is 8.46. The van der Waals surface area contributed by atoms with E-state index in [1.807, 2.05) is 25.0 Å². The molecule has 7 N–H and O–H groups in total. The molecule has 1 aliphatic rings. The predicted molar refractivity (Wildman–Crippen MR) is 112 cm³/mol. The van der Waals surface area contributed by atoms with Gasteiger partial charge in [0.05, 0.1) is 5.37 Å². The Morgan fingerprint density at radius 3 is 2.03 bits per heavy atom. The van der Waals surface area contributed by atoms with Crippen molar-refractivity contribution in [3.63, 3.8) is 0 Å². The molecule has 13 heteroatoms. The molecule has 0 aromatic heterocycles. The predicted octanol–water partition coefficient (Wildman–Crippen LogP) is -4.29. The minimum atomic E-state index is -0.433. The quantitative estimate of drug-likeness (QED) is 0.0726. The zero-order valence-electron chi connectivity index (χ0n) is 18.0. The number of thioether (sulfide) groups is 1. The van der Waals surface area contributed by atoms with Crippen LogP contribution in [0.25, 0.3) is 0 Å². The second kappa shape index (κ2) is 44.4. The van der Waals surface area contributed by atoms with Crippen molar-refractivity contribution in [2.45, 2.75) is 69.8 Å². The van der Waals surface area contributed by atoms with E-state index in [-0.39, 0.29) is 109 Å². The molecule has 1 rings (SSSR count). The van der Waals surface area contributed by atoms with E-state index in [1.165, 1.54) is 6.42 Å². The zero-order valence-corrected chi connectivity index (χ0v) is 26.0. The second-order valence-corrected chi connectivity index (χ2v) is 6.72. The third kappa shape index (κ3) is 41.4. The fourth-order valence-corrected chi connectivity index (χ4v) is 3.12. The maximum absolute atomic E-state index is 10.3. The number of aldehydes is 1. The molecule has 0 amide bonds. The van der Waals surface area contributed by atoms with Gasteiger partial charge in [0.25, 0.3) is 0 Å². The number of thiol groups is 1. The molecular formula is C16H34F2K2N4O3S2. The maximum atomic E-state index is 10.3. The van der Waals surface area contributed by atoms with Crippen molar-refractivity contribution in [1.82, 2.24) is 5.32 Å². The molecule has 1 aliphatic heterocycles. The Morgan fingerprint density at radius 2 is 1.76 bits per heavy atom. The van der Waals surface area contributed by atoms with Crippen LogP contribution in [0.4, 0.5) is 8.96 Å². The third-order valence-corrected chi connectivity index (χ3v) is 4.31. The van der Waals surface area contributed by atoms with Crippen molar-refractivity contribution in [3.8, 4) is 0 Å². The van der Waals surface area contributed by atoms with Crippen LogP contribution in [0.3, 0.4) is 0 Å². The molecule has 1 unspecified atom stereocenters. The summed E-state index contributed by atoms with van der Waals surface area (Å²) in [5, 5.41) is 3.73. The van der Waals surface area contributed by atoms with Gasteiger partial charge in [0.15, 0.2) is 0 Å². The summed E-state index contributed by atoms with van der Waals surface area (Å²) >= 11 is 5.77. The number of unbranched alkanes of at least 4 members (excludes halogenated alkanes) is 1. The van der Waals surface area contributed by atoms with E-state index in [0.717, 1.165) is 31.3 Å². The van der Waals surface area contributed by atoms with E-state index < -0.39 is 6.04 Å². The molecule has 0 aromatic rings. The Labute approximate surface area is 269 Å². The Balaban J connectivity index is -0.0000000647. The van der Waals surface area contributed by atoms with E-state index >= 15 is 0 Å². The van der Waals surface area contributed by atoms with Gasteiger partial charge in [0.1, 0.15) is 6.29 Å². The number of rotatable bonds is 8. The first kappa shape index (κ1) is 45.2. The summed E-state index contributed by atoms with van der Waals surface area (Å²) in [6.07, 6.45) is 10.2. The Bertz CT molecular complexity index is 319. The van der Waals surface area contributed by atoms with Gasteiger partial charge in [-0.05, 0) is 24.3 Å². The van der Waals surface area contributed by atoms with E-state index in [0.29, 0.717) is 24.0 Å². The maximum Gasteiger partial charge on any atom is 1.00 e. The van der Waals surface area contributed by atoms with Crippen molar-refractivity contribution < 1.29 is 126 Å². The van der Waals surface area contributed by atoms with E-state index in [1.54, 1.807) is 6.29 Å². The van der Waals surface area contributed by atoms with Gasteiger partial charge in [-0.25, -0.2) is 12.6 Å². The van der Waals surface area contributed by atoms with Gasteiger partial charge < -0.3 is 25.4 Å². The zero-order chi connectivity index (χ0) is 21.9. The SMILES string of the molecule is CCCC1N[C@H]([C-]=O)CCS1.CCCC=O.NF.NF.N[C@H]([C-]=O)CCS.[K+].[K+]. The van der Waals surface area contributed by atoms with Crippen molar-refractivity contribution in [3.05, 3.63) is 0 Å².